The van der Waals surface area contributed by atoms with Gasteiger partial charge in [-0.3, -0.25) is 5.32 Å². The van der Waals surface area contributed by atoms with E-state index in [1.807, 2.05) is 20.8 Å². The van der Waals surface area contributed by atoms with Gasteiger partial charge in [0.05, 0.1) is 6.04 Å². The Morgan fingerprint density at radius 2 is 1.79 bits per heavy atom. The Labute approximate surface area is 87.2 Å². The van der Waals surface area contributed by atoms with Crippen LogP contribution in [0.5, 0.6) is 0 Å². The maximum atomic E-state index is 5.37. The first kappa shape index (κ1) is 13.4. The highest BCUT2D eigenvalue weighted by atomic mass is 16.7. The smallest absolute Gasteiger partial charge is 0.169 e. The summed E-state index contributed by atoms with van der Waals surface area (Å²) in [6.45, 7) is 7.89. The average molecular weight is 199 g/mol. The third-order valence-corrected chi connectivity index (χ3v) is 1.85. The molecule has 0 aliphatic heterocycles. The van der Waals surface area contributed by atoms with E-state index in [-0.39, 0.29) is 12.3 Å². The van der Waals surface area contributed by atoms with E-state index < -0.39 is 0 Å². The Hall–Kier alpha value is -0.560. The van der Waals surface area contributed by atoms with Crippen LogP contribution in [0.15, 0.2) is 0 Å². The number of terminal acetylenes is 1. The molecule has 0 saturated carbocycles. The molecule has 0 bridgehead atoms. The molecule has 0 rings (SSSR count). The maximum absolute atomic E-state index is 5.37. The first-order valence-corrected chi connectivity index (χ1v) is 5.21. The van der Waals surface area contributed by atoms with Gasteiger partial charge in [0.15, 0.2) is 6.29 Å². The van der Waals surface area contributed by atoms with Gasteiger partial charge in [0.1, 0.15) is 0 Å². The normalized spacial score (nSPS) is 12.8. The summed E-state index contributed by atoms with van der Waals surface area (Å²) in [4.78, 5) is 0. The van der Waals surface area contributed by atoms with E-state index in [0.29, 0.717) is 19.8 Å². The van der Waals surface area contributed by atoms with Gasteiger partial charge in [-0.05, 0) is 20.3 Å². The van der Waals surface area contributed by atoms with Gasteiger partial charge in [0.25, 0.3) is 0 Å². The van der Waals surface area contributed by atoms with Crippen molar-refractivity contribution in [3.8, 4) is 12.3 Å². The summed E-state index contributed by atoms with van der Waals surface area (Å²) in [7, 11) is 0. The molecule has 0 aliphatic carbocycles. The molecule has 0 aromatic rings. The van der Waals surface area contributed by atoms with Crippen molar-refractivity contribution in [1.82, 2.24) is 5.32 Å². The van der Waals surface area contributed by atoms with Crippen molar-refractivity contribution in [2.45, 2.75) is 39.5 Å². The molecular weight excluding hydrogens is 178 g/mol. The Bertz CT molecular complexity index is 159. The number of nitrogens with one attached hydrogen (secondary N) is 1. The summed E-state index contributed by atoms with van der Waals surface area (Å²) >= 11 is 0. The minimum Gasteiger partial charge on any atom is -0.352 e. The lowest BCUT2D eigenvalue weighted by Crippen LogP contribution is -2.37. The van der Waals surface area contributed by atoms with Crippen molar-refractivity contribution < 1.29 is 9.47 Å². The van der Waals surface area contributed by atoms with E-state index in [4.69, 9.17) is 15.9 Å². The average Bonchev–Trinajstić information content (AvgIpc) is 2.20. The van der Waals surface area contributed by atoms with Crippen LogP contribution in [0.2, 0.25) is 0 Å². The SMILES string of the molecule is C#CC(CC)NCC(OCC)OCC. The van der Waals surface area contributed by atoms with E-state index in [1.54, 1.807) is 0 Å². The zero-order chi connectivity index (χ0) is 10.8. The van der Waals surface area contributed by atoms with Crippen molar-refractivity contribution >= 4 is 0 Å². The van der Waals surface area contributed by atoms with E-state index in [9.17, 15) is 0 Å². The fourth-order valence-electron chi connectivity index (χ4n) is 1.10. The Morgan fingerprint density at radius 1 is 1.21 bits per heavy atom. The molecule has 14 heavy (non-hydrogen) atoms. The molecule has 82 valence electrons. The number of rotatable bonds is 8. The molecular formula is C11H21NO2. The topological polar surface area (TPSA) is 30.5 Å². The van der Waals surface area contributed by atoms with Crippen LogP contribution in [0.3, 0.4) is 0 Å². The molecule has 0 aromatic heterocycles. The molecule has 0 heterocycles. The predicted molar refractivity (Wildman–Crippen MR) is 58.0 cm³/mol. The van der Waals surface area contributed by atoms with Gasteiger partial charge in [0, 0.05) is 19.8 Å². The van der Waals surface area contributed by atoms with Crippen molar-refractivity contribution in [3.63, 3.8) is 0 Å². The van der Waals surface area contributed by atoms with E-state index in [0.717, 1.165) is 6.42 Å². The maximum Gasteiger partial charge on any atom is 0.169 e. The highest BCUT2D eigenvalue weighted by Gasteiger charge is 2.09. The van der Waals surface area contributed by atoms with Crippen LogP contribution in [0, 0.1) is 12.3 Å². The van der Waals surface area contributed by atoms with Gasteiger partial charge in [-0.2, -0.15) is 0 Å². The molecule has 3 heteroatoms. The van der Waals surface area contributed by atoms with E-state index in [1.165, 1.54) is 0 Å². The number of ether oxygens (including phenoxy) is 2. The minimum atomic E-state index is -0.188. The largest absolute Gasteiger partial charge is 0.352 e. The molecule has 0 amide bonds. The Morgan fingerprint density at radius 3 is 2.14 bits per heavy atom. The molecule has 0 saturated heterocycles. The van der Waals surface area contributed by atoms with Gasteiger partial charge in [0.2, 0.25) is 0 Å². The van der Waals surface area contributed by atoms with Crippen molar-refractivity contribution in [3.05, 3.63) is 0 Å². The van der Waals surface area contributed by atoms with Gasteiger partial charge < -0.3 is 9.47 Å². The summed E-state index contributed by atoms with van der Waals surface area (Å²) in [6, 6.07) is 0.110. The zero-order valence-electron chi connectivity index (χ0n) is 9.38. The van der Waals surface area contributed by atoms with Crippen LogP contribution in [0.1, 0.15) is 27.2 Å². The highest BCUT2D eigenvalue weighted by molar-refractivity contribution is 4.97. The van der Waals surface area contributed by atoms with Crippen LogP contribution < -0.4 is 5.32 Å². The van der Waals surface area contributed by atoms with Gasteiger partial charge in [-0.25, -0.2) is 0 Å². The number of hydrogen-bond acceptors (Lipinski definition) is 3. The second-order valence-corrected chi connectivity index (χ2v) is 2.88. The lowest BCUT2D eigenvalue weighted by atomic mass is 10.2. The zero-order valence-corrected chi connectivity index (χ0v) is 9.38. The third-order valence-electron chi connectivity index (χ3n) is 1.85. The van der Waals surface area contributed by atoms with E-state index >= 15 is 0 Å². The number of hydrogen-bond donors (Lipinski definition) is 1. The fourth-order valence-corrected chi connectivity index (χ4v) is 1.10. The molecule has 0 aliphatic rings. The molecule has 0 fully saturated rings. The van der Waals surface area contributed by atoms with Crippen LogP contribution in [0.25, 0.3) is 0 Å². The first-order chi connectivity index (χ1) is 6.78. The first-order valence-electron chi connectivity index (χ1n) is 5.21. The van der Waals surface area contributed by atoms with Gasteiger partial charge >= 0.3 is 0 Å². The van der Waals surface area contributed by atoms with Crippen molar-refractivity contribution in [1.29, 1.82) is 0 Å². The molecule has 1 atom stereocenters. The molecule has 1 N–H and O–H groups in total. The summed E-state index contributed by atoms with van der Waals surface area (Å²) in [5, 5.41) is 3.20. The molecule has 0 spiro atoms. The second-order valence-electron chi connectivity index (χ2n) is 2.88. The third kappa shape index (κ3) is 5.98. The monoisotopic (exact) mass is 199 g/mol. The standard InChI is InChI=1S/C11H21NO2/c1-5-10(6-2)12-9-11(13-7-3)14-8-4/h1,10-12H,6-9H2,2-4H3. The van der Waals surface area contributed by atoms with Crippen LogP contribution in [0.4, 0.5) is 0 Å². The molecule has 0 radical (unpaired) electrons. The molecule has 1 unspecified atom stereocenters. The van der Waals surface area contributed by atoms with Crippen molar-refractivity contribution in [2.75, 3.05) is 19.8 Å². The highest BCUT2D eigenvalue weighted by Crippen LogP contribution is 1.95. The summed E-state index contributed by atoms with van der Waals surface area (Å²) in [5.41, 5.74) is 0. The lowest BCUT2D eigenvalue weighted by Gasteiger charge is -2.19. The summed E-state index contributed by atoms with van der Waals surface area (Å²) < 4.78 is 10.7. The van der Waals surface area contributed by atoms with Crippen molar-refractivity contribution in [2.24, 2.45) is 0 Å². The summed E-state index contributed by atoms with van der Waals surface area (Å²) in [5.74, 6) is 2.67. The molecule has 0 aromatic carbocycles. The van der Waals surface area contributed by atoms with Crippen LogP contribution >= 0.6 is 0 Å². The van der Waals surface area contributed by atoms with Crippen LogP contribution in [-0.4, -0.2) is 32.1 Å². The quantitative estimate of drug-likeness (QED) is 0.473. The summed E-state index contributed by atoms with van der Waals surface area (Å²) in [6.07, 6.45) is 6.05. The van der Waals surface area contributed by atoms with Crippen LogP contribution in [-0.2, 0) is 9.47 Å². The minimum absolute atomic E-state index is 0.110. The fraction of sp³-hybridized carbons (Fsp3) is 0.818. The van der Waals surface area contributed by atoms with E-state index in [2.05, 4.69) is 11.2 Å². The lowest BCUT2D eigenvalue weighted by molar-refractivity contribution is -0.133. The second kappa shape index (κ2) is 9.01. The van der Waals surface area contributed by atoms with Gasteiger partial charge in [-0.1, -0.05) is 12.8 Å². The Kier molecular flexibility index (Phi) is 8.65. The molecule has 3 nitrogen and oxygen atoms in total. The van der Waals surface area contributed by atoms with Gasteiger partial charge in [-0.15, -0.1) is 6.42 Å². The predicted octanol–water partition coefficient (Wildman–Crippen LogP) is 1.39. The Balaban J connectivity index is 3.74.